The van der Waals surface area contributed by atoms with Crippen LogP contribution >= 0.6 is 0 Å². The summed E-state index contributed by atoms with van der Waals surface area (Å²) in [5.74, 6) is 1.61. The maximum Gasteiger partial charge on any atom is 0.0243 e. The van der Waals surface area contributed by atoms with Gasteiger partial charge in [0.1, 0.15) is 0 Å². The van der Waals surface area contributed by atoms with E-state index in [1.165, 1.54) is 12.8 Å². The zero-order chi connectivity index (χ0) is 6.85. The Morgan fingerprint density at radius 3 is 2.56 bits per heavy atom. The van der Waals surface area contributed by atoms with Crippen LogP contribution in [0.4, 0.5) is 0 Å². The largest absolute Gasteiger partial charge is 0.254 e. The quantitative estimate of drug-likeness (QED) is 0.553. The first kappa shape index (κ1) is 7.07. The smallest absolute Gasteiger partial charge is 0.0243 e. The molecule has 1 heteroatoms. The van der Waals surface area contributed by atoms with Crippen LogP contribution in [0, 0.1) is 11.8 Å². The van der Waals surface area contributed by atoms with E-state index in [2.05, 4.69) is 13.8 Å². The summed E-state index contributed by atoms with van der Waals surface area (Å²) in [6.45, 7) is 4.41. The van der Waals surface area contributed by atoms with E-state index in [0.717, 1.165) is 18.3 Å². The van der Waals surface area contributed by atoms with Crippen LogP contribution in [0.3, 0.4) is 0 Å². The molecular weight excluding hydrogens is 110 g/mol. The molecule has 1 radical (unpaired) electrons. The number of rotatable bonds is 3. The Morgan fingerprint density at radius 2 is 2.22 bits per heavy atom. The first-order valence-corrected chi connectivity index (χ1v) is 3.96. The van der Waals surface area contributed by atoms with E-state index in [0.29, 0.717) is 0 Å². The Labute approximate surface area is 57.6 Å². The summed E-state index contributed by atoms with van der Waals surface area (Å²) in [6.07, 6.45) is 3.60. The average molecular weight is 126 g/mol. The van der Waals surface area contributed by atoms with Gasteiger partial charge in [-0.2, -0.15) is 0 Å². The van der Waals surface area contributed by atoms with Gasteiger partial charge in [-0.05, 0) is 24.7 Å². The van der Waals surface area contributed by atoms with Crippen LogP contribution in [0.1, 0.15) is 33.1 Å². The zero-order valence-electron chi connectivity index (χ0n) is 6.35. The second kappa shape index (κ2) is 2.70. The molecule has 0 aromatic heterocycles. The standard InChI is InChI=1S/C8H16N/c1-3-4-8(9)7-5-6(7)2/h6-9H,3-5H2,1-2H3. The highest BCUT2D eigenvalue weighted by molar-refractivity contribution is 4.89. The highest BCUT2D eigenvalue weighted by Gasteiger charge is 2.37. The molecule has 1 rings (SSSR count). The maximum atomic E-state index is 7.62. The lowest BCUT2D eigenvalue weighted by Crippen LogP contribution is -2.11. The molecular formula is C8H16N. The minimum absolute atomic E-state index is 0.255. The van der Waals surface area contributed by atoms with Crippen molar-refractivity contribution in [3.63, 3.8) is 0 Å². The van der Waals surface area contributed by atoms with Crippen LogP contribution in [0.25, 0.3) is 0 Å². The van der Waals surface area contributed by atoms with Gasteiger partial charge in [-0.15, -0.1) is 0 Å². The van der Waals surface area contributed by atoms with Gasteiger partial charge < -0.3 is 0 Å². The zero-order valence-corrected chi connectivity index (χ0v) is 6.35. The fourth-order valence-corrected chi connectivity index (χ4v) is 1.44. The van der Waals surface area contributed by atoms with E-state index in [4.69, 9.17) is 5.73 Å². The molecule has 0 spiro atoms. The lowest BCUT2D eigenvalue weighted by atomic mass is 10.1. The lowest BCUT2D eigenvalue weighted by Gasteiger charge is -2.05. The maximum absolute atomic E-state index is 7.62. The highest BCUT2D eigenvalue weighted by Crippen LogP contribution is 2.41. The van der Waals surface area contributed by atoms with E-state index in [9.17, 15) is 0 Å². The molecule has 1 N–H and O–H groups in total. The fourth-order valence-electron chi connectivity index (χ4n) is 1.44. The summed E-state index contributed by atoms with van der Waals surface area (Å²) >= 11 is 0. The van der Waals surface area contributed by atoms with Crippen molar-refractivity contribution in [2.75, 3.05) is 0 Å². The SMILES string of the molecule is CCCC([NH])C1CC1C. The Kier molecular flexibility index (Phi) is 2.12. The molecule has 1 saturated carbocycles. The second-order valence-electron chi connectivity index (χ2n) is 3.27. The molecule has 0 aromatic rings. The third-order valence-electron chi connectivity index (χ3n) is 2.29. The third kappa shape index (κ3) is 1.68. The topological polar surface area (TPSA) is 23.8 Å². The van der Waals surface area contributed by atoms with Gasteiger partial charge in [0.25, 0.3) is 0 Å². The Balaban J connectivity index is 2.11. The van der Waals surface area contributed by atoms with Crippen LogP contribution in [0.15, 0.2) is 0 Å². The molecule has 0 aromatic carbocycles. The minimum atomic E-state index is 0.255. The number of hydrogen-bond acceptors (Lipinski definition) is 0. The van der Waals surface area contributed by atoms with E-state index in [1.54, 1.807) is 0 Å². The van der Waals surface area contributed by atoms with Crippen molar-refractivity contribution in [2.24, 2.45) is 11.8 Å². The average Bonchev–Trinajstić information content (AvgIpc) is 2.47. The van der Waals surface area contributed by atoms with E-state index in [-0.39, 0.29) is 6.04 Å². The predicted molar refractivity (Wildman–Crippen MR) is 39.1 cm³/mol. The predicted octanol–water partition coefficient (Wildman–Crippen LogP) is 2.09. The van der Waals surface area contributed by atoms with Crippen molar-refractivity contribution >= 4 is 0 Å². The van der Waals surface area contributed by atoms with Gasteiger partial charge in [0.15, 0.2) is 0 Å². The molecule has 1 fully saturated rings. The normalized spacial score (nSPS) is 36.3. The highest BCUT2D eigenvalue weighted by atomic mass is 14.7. The molecule has 0 saturated heterocycles. The summed E-state index contributed by atoms with van der Waals surface area (Å²) in [7, 11) is 0. The van der Waals surface area contributed by atoms with Crippen LogP contribution in [-0.4, -0.2) is 6.04 Å². The third-order valence-corrected chi connectivity index (χ3v) is 2.29. The molecule has 0 bridgehead atoms. The fraction of sp³-hybridized carbons (Fsp3) is 1.00. The summed E-state index contributed by atoms with van der Waals surface area (Å²) in [4.78, 5) is 0. The van der Waals surface area contributed by atoms with Crippen molar-refractivity contribution < 1.29 is 0 Å². The van der Waals surface area contributed by atoms with E-state index in [1.807, 2.05) is 0 Å². The minimum Gasteiger partial charge on any atom is -0.254 e. The van der Waals surface area contributed by atoms with Crippen LogP contribution in [0.2, 0.25) is 0 Å². The second-order valence-corrected chi connectivity index (χ2v) is 3.27. The van der Waals surface area contributed by atoms with Crippen molar-refractivity contribution in [2.45, 2.75) is 39.2 Å². The van der Waals surface area contributed by atoms with Crippen molar-refractivity contribution in [1.29, 1.82) is 0 Å². The van der Waals surface area contributed by atoms with Gasteiger partial charge >= 0.3 is 0 Å². The first-order chi connectivity index (χ1) is 4.25. The van der Waals surface area contributed by atoms with Crippen LogP contribution < -0.4 is 5.73 Å². The molecule has 9 heavy (non-hydrogen) atoms. The monoisotopic (exact) mass is 126 g/mol. The summed E-state index contributed by atoms with van der Waals surface area (Å²) < 4.78 is 0. The summed E-state index contributed by atoms with van der Waals surface area (Å²) in [5, 5.41) is 0. The lowest BCUT2D eigenvalue weighted by molar-refractivity contribution is 0.505. The van der Waals surface area contributed by atoms with Crippen molar-refractivity contribution in [1.82, 2.24) is 5.73 Å². The molecule has 3 unspecified atom stereocenters. The van der Waals surface area contributed by atoms with Crippen LogP contribution in [-0.2, 0) is 0 Å². The van der Waals surface area contributed by atoms with Gasteiger partial charge in [0.2, 0.25) is 0 Å². The van der Waals surface area contributed by atoms with Gasteiger partial charge in [-0.25, -0.2) is 0 Å². The molecule has 0 amide bonds. The Hall–Kier alpha value is -0.0400. The van der Waals surface area contributed by atoms with Gasteiger partial charge in [0.05, 0.1) is 0 Å². The summed E-state index contributed by atoms with van der Waals surface area (Å²) in [6, 6.07) is 0.255. The molecule has 1 aliphatic carbocycles. The molecule has 0 aliphatic heterocycles. The van der Waals surface area contributed by atoms with Crippen molar-refractivity contribution in [3.8, 4) is 0 Å². The first-order valence-electron chi connectivity index (χ1n) is 3.96. The number of nitrogens with one attached hydrogen (secondary N) is 1. The molecule has 53 valence electrons. The molecule has 3 atom stereocenters. The van der Waals surface area contributed by atoms with Crippen molar-refractivity contribution in [3.05, 3.63) is 0 Å². The molecule has 1 aliphatic rings. The molecule has 1 nitrogen and oxygen atoms in total. The van der Waals surface area contributed by atoms with E-state index >= 15 is 0 Å². The van der Waals surface area contributed by atoms with Gasteiger partial charge in [-0.3, -0.25) is 5.73 Å². The van der Waals surface area contributed by atoms with Gasteiger partial charge in [-0.1, -0.05) is 20.3 Å². The van der Waals surface area contributed by atoms with Crippen LogP contribution in [0.5, 0.6) is 0 Å². The summed E-state index contributed by atoms with van der Waals surface area (Å²) in [5.41, 5.74) is 7.62. The molecule has 0 heterocycles. The van der Waals surface area contributed by atoms with E-state index < -0.39 is 0 Å². The van der Waals surface area contributed by atoms with Gasteiger partial charge in [0, 0.05) is 6.04 Å². The Bertz CT molecular complexity index is 90.6. The Morgan fingerprint density at radius 1 is 1.67 bits per heavy atom. The number of hydrogen-bond donors (Lipinski definition) is 0.